The van der Waals surface area contributed by atoms with Crippen molar-refractivity contribution in [3.8, 4) is 0 Å². The number of amides is 2. The first-order valence-electron chi connectivity index (χ1n) is 10.6. The Kier molecular flexibility index (Phi) is 5.78. The fourth-order valence-corrected chi connectivity index (χ4v) is 5.44. The average Bonchev–Trinajstić information content (AvgIpc) is 2.94. The van der Waals surface area contributed by atoms with Crippen molar-refractivity contribution in [1.82, 2.24) is 4.90 Å². The van der Waals surface area contributed by atoms with E-state index in [4.69, 9.17) is 4.74 Å². The molecule has 0 bridgehead atoms. The third-order valence-corrected chi connectivity index (χ3v) is 7.34. The van der Waals surface area contributed by atoms with Crippen molar-refractivity contribution in [3.05, 3.63) is 89.2 Å². The number of anilines is 1. The third kappa shape index (κ3) is 3.96. The summed E-state index contributed by atoms with van der Waals surface area (Å²) in [5.41, 5.74) is 1.35. The quantitative estimate of drug-likeness (QED) is 0.594. The molecule has 3 aromatic rings. The van der Waals surface area contributed by atoms with Gasteiger partial charge in [0.05, 0.1) is 51.6 Å². The molecular formula is C25H21FN2O4S. The maximum Gasteiger partial charge on any atom is 0.259 e. The van der Waals surface area contributed by atoms with Crippen LogP contribution in [0.2, 0.25) is 0 Å². The molecule has 0 saturated carbocycles. The van der Waals surface area contributed by atoms with Gasteiger partial charge in [-0.25, -0.2) is 8.60 Å². The summed E-state index contributed by atoms with van der Waals surface area (Å²) < 4.78 is 33.3. The lowest BCUT2D eigenvalue weighted by Gasteiger charge is -2.28. The standard InChI is InChI=1S/C25H21FN2O4S/c26-20-7-3-1-5-18(20)16-28-21-15-17(24(29)27-11-13-32-14-12-27)9-10-23(21)33(31)22-8-4-2-6-19(22)25(28)30/h1-10,15H,11-14,16H2/t33-/m1/s1. The summed E-state index contributed by atoms with van der Waals surface area (Å²) in [7, 11) is -1.64. The minimum absolute atomic E-state index is 0.0563. The van der Waals surface area contributed by atoms with E-state index in [-0.39, 0.29) is 12.5 Å². The van der Waals surface area contributed by atoms with Gasteiger partial charge in [0.1, 0.15) is 5.82 Å². The van der Waals surface area contributed by atoms with Gasteiger partial charge in [-0.3, -0.25) is 9.59 Å². The van der Waals surface area contributed by atoms with Crippen LogP contribution in [0.3, 0.4) is 0 Å². The van der Waals surface area contributed by atoms with Crippen LogP contribution < -0.4 is 4.90 Å². The molecule has 0 spiro atoms. The topological polar surface area (TPSA) is 66.9 Å². The normalized spacial score (nSPS) is 17.8. The van der Waals surface area contributed by atoms with Gasteiger partial charge in [0, 0.05) is 24.2 Å². The number of rotatable bonds is 3. The number of fused-ring (bicyclic) bond motifs is 2. The van der Waals surface area contributed by atoms with Crippen LogP contribution in [0, 0.1) is 5.82 Å². The number of nitrogens with zero attached hydrogens (tertiary/aromatic N) is 2. The van der Waals surface area contributed by atoms with Gasteiger partial charge in [0.15, 0.2) is 0 Å². The van der Waals surface area contributed by atoms with Gasteiger partial charge in [-0.05, 0) is 36.4 Å². The van der Waals surface area contributed by atoms with Crippen molar-refractivity contribution in [2.24, 2.45) is 0 Å². The number of halogens is 1. The lowest BCUT2D eigenvalue weighted by atomic mass is 10.1. The van der Waals surface area contributed by atoms with Crippen molar-refractivity contribution >= 4 is 28.3 Å². The molecule has 2 heterocycles. The smallest absolute Gasteiger partial charge is 0.259 e. The first kappa shape index (κ1) is 21.5. The number of hydrogen-bond donors (Lipinski definition) is 0. The van der Waals surface area contributed by atoms with E-state index in [9.17, 15) is 18.2 Å². The van der Waals surface area contributed by atoms with E-state index in [0.29, 0.717) is 58.5 Å². The summed E-state index contributed by atoms with van der Waals surface area (Å²) >= 11 is 0. The molecule has 0 unspecified atom stereocenters. The molecule has 5 rings (SSSR count). The number of carbonyl (C=O) groups excluding carboxylic acids is 2. The predicted octanol–water partition coefficient (Wildman–Crippen LogP) is 3.63. The Morgan fingerprint density at radius 3 is 2.48 bits per heavy atom. The summed E-state index contributed by atoms with van der Waals surface area (Å²) in [5, 5.41) is 0. The molecule has 0 aliphatic carbocycles. The molecule has 0 N–H and O–H groups in total. The number of ether oxygens (including phenoxy) is 1. The molecule has 33 heavy (non-hydrogen) atoms. The van der Waals surface area contributed by atoms with E-state index >= 15 is 0 Å². The zero-order valence-corrected chi connectivity index (χ0v) is 18.5. The van der Waals surface area contributed by atoms with E-state index in [2.05, 4.69) is 0 Å². The van der Waals surface area contributed by atoms with Gasteiger partial charge >= 0.3 is 0 Å². The zero-order chi connectivity index (χ0) is 22.9. The van der Waals surface area contributed by atoms with Crippen molar-refractivity contribution in [2.45, 2.75) is 16.3 Å². The maximum atomic E-state index is 14.5. The van der Waals surface area contributed by atoms with Gasteiger partial charge in [0.2, 0.25) is 0 Å². The molecule has 1 saturated heterocycles. The van der Waals surface area contributed by atoms with Crippen molar-refractivity contribution in [2.75, 3.05) is 31.2 Å². The summed E-state index contributed by atoms with van der Waals surface area (Å²) in [4.78, 5) is 30.6. The predicted molar refractivity (Wildman–Crippen MR) is 121 cm³/mol. The molecule has 168 valence electrons. The minimum Gasteiger partial charge on any atom is -0.378 e. The highest BCUT2D eigenvalue weighted by Gasteiger charge is 2.32. The van der Waals surface area contributed by atoms with Crippen LogP contribution in [-0.2, 0) is 22.1 Å². The SMILES string of the molecule is O=C(c1ccc2c(c1)N(Cc1ccccc1F)C(=O)c1ccccc1[S@]2=O)N1CCOCC1. The van der Waals surface area contributed by atoms with Gasteiger partial charge in [-0.15, -0.1) is 0 Å². The molecule has 0 radical (unpaired) electrons. The Morgan fingerprint density at radius 1 is 0.970 bits per heavy atom. The highest BCUT2D eigenvalue weighted by molar-refractivity contribution is 7.85. The Morgan fingerprint density at radius 2 is 1.70 bits per heavy atom. The second kappa shape index (κ2) is 8.88. The first-order chi connectivity index (χ1) is 16.0. The van der Waals surface area contributed by atoms with Crippen LogP contribution in [0.5, 0.6) is 0 Å². The lowest BCUT2D eigenvalue weighted by Crippen LogP contribution is -2.40. The molecule has 1 atom stereocenters. The average molecular weight is 465 g/mol. The van der Waals surface area contributed by atoms with Gasteiger partial charge < -0.3 is 14.5 Å². The molecule has 6 nitrogen and oxygen atoms in total. The fourth-order valence-electron chi connectivity index (χ4n) is 4.10. The zero-order valence-electron chi connectivity index (χ0n) is 17.7. The van der Waals surface area contributed by atoms with Crippen molar-refractivity contribution in [1.29, 1.82) is 0 Å². The Bertz CT molecular complexity index is 1270. The molecule has 1 fully saturated rings. The van der Waals surface area contributed by atoms with Crippen LogP contribution >= 0.6 is 0 Å². The molecule has 0 aromatic heterocycles. The van der Waals surface area contributed by atoms with E-state index < -0.39 is 22.5 Å². The molecule has 3 aromatic carbocycles. The van der Waals surface area contributed by atoms with Gasteiger partial charge in [-0.1, -0.05) is 30.3 Å². The van der Waals surface area contributed by atoms with Crippen LogP contribution in [0.1, 0.15) is 26.3 Å². The van der Waals surface area contributed by atoms with E-state index in [1.54, 1.807) is 65.6 Å². The largest absolute Gasteiger partial charge is 0.378 e. The number of carbonyl (C=O) groups is 2. The second-order valence-electron chi connectivity index (χ2n) is 7.83. The lowest BCUT2D eigenvalue weighted by molar-refractivity contribution is 0.0303. The molecule has 2 aliphatic rings. The summed E-state index contributed by atoms with van der Waals surface area (Å²) in [6, 6.07) is 17.8. The van der Waals surface area contributed by atoms with Crippen LogP contribution in [0.15, 0.2) is 76.5 Å². The summed E-state index contributed by atoms with van der Waals surface area (Å²) in [5.74, 6) is -1.02. The number of hydrogen-bond acceptors (Lipinski definition) is 4. The van der Waals surface area contributed by atoms with E-state index in [1.807, 2.05) is 0 Å². The highest BCUT2D eigenvalue weighted by Crippen LogP contribution is 2.36. The third-order valence-electron chi connectivity index (χ3n) is 5.84. The fraction of sp³-hybridized carbons (Fsp3) is 0.200. The van der Waals surface area contributed by atoms with E-state index in [1.165, 1.54) is 11.0 Å². The molecule has 2 amide bonds. The number of morpholine rings is 1. The Labute approximate surface area is 193 Å². The maximum absolute atomic E-state index is 14.5. The minimum atomic E-state index is -1.64. The van der Waals surface area contributed by atoms with Crippen LogP contribution in [0.25, 0.3) is 0 Å². The Balaban J connectivity index is 1.63. The summed E-state index contributed by atoms with van der Waals surface area (Å²) in [6.07, 6.45) is 0. The Hall–Kier alpha value is -3.36. The van der Waals surface area contributed by atoms with Crippen LogP contribution in [-0.4, -0.2) is 47.2 Å². The molecular weight excluding hydrogens is 443 g/mol. The first-order valence-corrected chi connectivity index (χ1v) is 11.8. The van der Waals surface area contributed by atoms with Gasteiger partial charge in [-0.2, -0.15) is 0 Å². The number of benzene rings is 3. The highest BCUT2D eigenvalue weighted by atomic mass is 32.2. The molecule has 2 aliphatic heterocycles. The van der Waals surface area contributed by atoms with Crippen LogP contribution in [0.4, 0.5) is 10.1 Å². The van der Waals surface area contributed by atoms with E-state index in [0.717, 1.165) is 0 Å². The van der Waals surface area contributed by atoms with Gasteiger partial charge in [0.25, 0.3) is 11.8 Å². The van der Waals surface area contributed by atoms with Crippen molar-refractivity contribution in [3.63, 3.8) is 0 Å². The molecule has 8 heteroatoms. The summed E-state index contributed by atoms with van der Waals surface area (Å²) in [6.45, 7) is 1.83. The monoisotopic (exact) mass is 464 g/mol. The van der Waals surface area contributed by atoms with Crippen molar-refractivity contribution < 1.29 is 22.9 Å². The second-order valence-corrected chi connectivity index (χ2v) is 9.25.